The molecule has 0 saturated heterocycles. The molecule has 2 nitrogen and oxygen atoms in total. The Morgan fingerprint density at radius 2 is 1.90 bits per heavy atom. The zero-order valence-electron chi connectivity index (χ0n) is 11.8. The molecule has 0 spiro atoms. The molecule has 1 atom stereocenters. The van der Waals surface area contributed by atoms with Crippen LogP contribution in [-0.2, 0) is 11.2 Å². The lowest BCUT2D eigenvalue weighted by molar-refractivity contribution is -0.119. The van der Waals surface area contributed by atoms with Gasteiger partial charge in [0.25, 0.3) is 0 Å². The molecule has 0 aliphatic heterocycles. The van der Waals surface area contributed by atoms with Gasteiger partial charge in [0.1, 0.15) is 11.7 Å². The summed E-state index contributed by atoms with van der Waals surface area (Å²) in [4.78, 5) is 11.6. The van der Waals surface area contributed by atoms with Gasteiger partial charge in [0.15, 0.2) is 0 Å². The molecule has 0 saturated carbocycles. The van der Waals surface area contributed by atoms with Crippen molar-refractivity contribution in [1.82, 2.24) is 5.32 Å². The van der Waals surface area contributed by atoms with Crippen LogP contribution in [0.2, 0.25) is 0 Å². The van der Waals surface area contributed by atoms with Crippen LogP contribution in [0.1, 0.15) is 29.7 Å². The number of aryl methyl sites for hydroxylation is 1. The molecule has 110 valence electrons. The van der Waals surface area contributed by atoms with Crippen LogP contribution >= 0.6 is 11.6 Å². The Labute approximate surface area is 128 Å². The number of hydrogen-bond acceptors (Lipinski definition) is 1. The van der Waals surface area contributed by atoms with Gasteiger partial charge in [-0.05, 0) is 35.2 Å². The molecule has 21 heavy (non-hydrogen) atoms. The van der Waals surface area contributed by atoms with E-state index in [4.69, 9.17) is 11.6 Å². The van der Waals surface area contributed by atoms with Crippen LogP contribution < -0.4 is 5.32 Å². The molecule has 0 bridgehead atoms. The molecule has 0 aromatic heterocycles. The largest absolute Gasteiger partial charge is 0.344 e. The first-order valence-electron chi connectivity index (χ1n) is 6.83. The highest BCUT2D eigenvalue weighted by atomic mass is 35.5. The number of nitrogens with one attached hydrogen (secondary N) is 1. The third-order valence-electron chi connectivity index (χ3n) is 3.33. The molecule has 0 aliphatic carbocycles. The summed E-state index contributed by atoms with van der Waals surface area (Å²) in [5.74, 6) is -0.743. The van der Waals surface area contributed by atoms with Gasteiger partial charge in [-0.1, -0.05) is 43.3 Å². The minimum Gasteiger partial charge on any atom is -0.344 e. The van der Waals surface area contributed by atoms with Crippen LogP contribution in [0.25, 0.3) is 0 Å². The highest BCUT2D eigenvalue weighted by molar-refractivity contribution is 6.27. The Morgan fingerprint density at radius 1 is 1.19 bits per heavy atom. The molecular formula is C17H17ClFNO. The molecule has 4 heteroatoms. The first-order chi connectivity index (χ1) is 10.1. The van der Waals surface area contributed by atoms with E-state index in [0.29, 0.717) is 5.56 Å². The van der Waals surface area contributed by atoms with Crippen molar-refractivity contribution in [2.45, 2.75) is 19.4 Å². The van der Waals surface area contributed by atoms with Crippen LogP contribution in [0.3, 0.4) is 0 Å². The Bertz CT molecular complexity index is 612. The maximum atomic E-state index is 13.4. The van der Waals surface area contributed by atoms with Crippen molar-refractivity contribution in [3.63, 3.8) is 0 Å². The fourth-order valence-electron chi connectivity index (χ4n) is 2.19. The summed E-state index contributed by atoms with van der Waals surface area (Å²) < 4.78 is 13.4. The predicted molar refractivity (Wildman–Crippen MR) is 82.9 cm³/mol. The number of carbonyl (C=O) groups is 1. The molecule has 1 N–H and O–H groups in total. The lowest BCUT2D eigenvalue weighted by Gasteiger charge is -2.19. The van der Waals surface area contributed by atoms with Gasteiger partial charge >= 0.3 is 0 Å². The van der Waals surface area contributed by atoms with Crippen molar-refractivity contribution in [2.75, 3.05) is 5.88 Å². The number of carbonyl (C=O) groups excluding carboxylic acids is 1. The average molecular weight is 306 g/mol. The Kier molecular flexibility index (Phi) is 5.34. The molecule has 1 unspecified atom stereocenters. The number of amides is 1. The van der Waals surface area contributed by atoms with E-state index in [1.54, 1.807) is 12.1 Å². The lowest BCUT2D eigenvalue weighted by atomic mass is 9.97. The summed E-state index contributed by atoms with van der Waals surface area (Å²) in [6.45, 7) is 2.08. The molecule has 0 aliphatic rings. The van der Waals surface area contributed by atoms with E-state index in [1.165, 1.54) is 17.7 Å². The molecule has 0 radical (unpaired) electrons. The van der Waals surface area contributed by atoms with Crippen molar-refractivity contribution in [1.29, 1.82) is 0 Å². The molecule has 0 heterocycles. The molecule has 2 aromatic rings. The van der Waals surface area contributed by atoms with E-state index in [1.807, 2.05) is 24.3 Å². The predicted octanol–water partition coefficient (Wildman–Crippen LogP) is 3.83. The molecule has 2 rings (SSSR count). The van der Waals surface area contributed by atoms with Gasteiger partial charge in [0, 0.05) is 0 Å². The summed E-state index contributed by atoms with van der Waals surface area (Å²) in [7, 11) is 0. The van der Waals surface area contributed by atoms with Crippen molar-refractivity contribution in [2.24, 2.45) is 0 Å². The Morgan fingerprint density at radius 3 is 2.48 bits per heavy atom. The number of hydrogen-bond donors (Lipinski definition) is 1. The van der Waals surface area contributed by atoms with E-state index in [9.17, 15) is 9.18 Å². The number of rotatable bonds is 5. The highest BCUT2D eigenvalue weighted by Gasteiger charge is 2.17. The van der Waals surface area contributed by atoms with E-state index < -0.39 is 6.04 Å². The van der Waals surface area contributed by atoms with Gasteiger partial charge in [0.05, 0.1) is 6.04 Å². The van der Waals surface area contributed by atoms with Gasteiger partial charge < -0.3 is 5.32 Å². The SMILES string of the molecule is CCc1ccc(C(NC(=O)CCl)c2cccc(F)c2)cc1. The smallest absolute Gasteiger partial charge is 0.235 e. The van der Waals surface area contributed by atoms with Gasteiger partial charge in [-0.3, -0.25) is 4.79 Å². The molecule has 1 amide bonds. The molecule has 2 aromatic carbocycles. The second kappa shape index (κ2) is 7.23. The van der Waals surface area contributed by atoms with Crippen LogP contribution in [0.5, 0.6) is 0 Å². The van der Waals surface area contributed by atoms with Crippen LogP contribution in [0.4, 0.5) is 4.39 Å². The van der Waals surface area contributed by atoms with Crippen LogP contribution in [0.15, 0.2) is 48.5 Å². The van der Waals surface area contributed by atoms with Crippen molar-refractivity contribution < 1.29 is 9.18 Å². The zero-order chi connectivity index (χ0) is 15.2. The maximum absolute atomic E-state index is 13.4. The van der Waals surface area contributed by atoms with Crippen molar-refractivity contribution >= 4 is 17.5 Å². The van der Waals surface area contributed by atoms with Gasteiger partial charge in [0.2, 0.25) is 5.91 Å². The first-order valence-corrected chi connectivity index (χ1v) is 7.37. The van der Waals surface area contributed by atoms with E-state index in [-0.39, 0.29) is 17.6 Å². The second-order valence-electron chi connectivity index (χ2n) is 4.78. The molecular weight excluding hydrogens is 289 g/mol. The number of benzene rings is 2. The fraction of sp³-hybridized carbons (Fsp3) is 0.235. The average Bonchev–Trinajstić information content (AvgIpc) is 2.52. The van der Waals surface area contributed by atoms with E-state index in [2.05, 4.69) is 12.2 Å². The van der Waals surface area contributed by atoms with E-state index >= 15 is 0 Å². The van der Waals surface area contributed by atoms with Crippen molar-refractivity contribution in [3.05, 3.63) is 71.0 Å². The third kappa shape index (κ3) is 4.05. The minimum absolute atomic E-state index is 0.126. The fourth-order valence-corrected chi connectivity index (χ4v) is 2.27. The summed E-state index contributed by atoms with van der Waals surface area (Å²) in [5, 5.41) is 2.83. The third-order valence-corrected chi connectivity index (χ3v) is 3.57. The number of halogens is 2. The summed E-state index contributed by atoms with van der Waals surface area (Å²) in [6.07, 6.45) is 0.943. The van der Waals surface area contributed by atoms with Crippen LogP contribution in [-0.4, -0.2) is 11.8 Å². The lowest BCUT2D eigenvalue weighted by Crippen LogP contribution is -2.30. The standard InChI is InChI=1S/C17H17ClFNO/c1-2-12-6-8-13(9-7-12)17(20-16(21)11-18)14-4-3-5-15(19)10-14/h3-10,17H,2,11H2,1H3,(H,20,21). The monoisotopic (exact) mass is 305 g/mol. The molecule has 0 fully saturated rings. The van der Waals surface area contributed by atoms with E-state index in [0.717, 1.165) is 12.0 Å². The highest BCUT2D eigenvalue weighted by Crippen LogP contribution is 2.23. The van der Waals surface area contributed by atoms with Gasteiger partial charge in [-0.2, -0.15) is 0 Å². The summed E-state index contributed by atoms with van der Waals surface area (Å²) in [5.41, 5.74) is 2.80. The summed E-state index contributed by atoms with van der Waals surface area (Å²) >= 11 is 5.56. The van der Waals surface area contributed by atoms with Crippen molar-refractivity contribution in [3.8, 4) is 0 Å². The Balaban J connectivity index is 2.37. The van der Waals surface area contributed by atoms with Gasteiger partial charge in [-0.15, -0.1) is 11.6 Å². The normalized spacial score (nSPS) is 12.0. The van der Waals surface area contributed by atoms with Gasteiger partial charge in [-0.25, -0.2) is 4.39 Å². The minimum atomic E-state index is -0.405. The zero-order valence-corrected chi connectivity index (χ0v) is 12.5. The van der Waals surface area contributed by atoms with Crippen LogP contribution in [0, 0.1) is 5.82 Å². The summed E-state index contributed by atoms with van der Waals surface area (Å²) in [6, 6.07) is 13.7. The second-order valence-corrected chi connectivity index (χ2v) is 5.05. The first kappa shape index (κ1) is 15.5. The number of alkyl halides is 1. The quantitative estimate of drug-likeness (QED) is 0.836. The topological polar surface area (TPSA) is 29.1 Å². The maximum Gasteiger partial charge on any atom is 0.235 e. The Hall–Kier alpha value is -1.87.